The Morgan fingerprint density at radius 2 is 1.83 bits per heavy atom. The third kappa shape index (κ3) is 8.38. The van der Waals surface area contributed by atoms with Gasteiger partial charge in [-0.15, -0.1) is 11.3 Å². The van der Waals surface area contributed by atoms with Crippen LogP contribution >= 0.6 is 11.3 Å². The lowest BCUT2D eigenvalue weighted by molar-refractivity contribution is -0.140. The van der Waals surface area contributed by atoms with Crippen LogP contribution in [0.4, 0.5) is 4.79 Å². The van der Waals surface area contributed by atoms with Gasteiger partial charge in [0.1, 0.15) is 22.5 Å². The van der Waals surface area contributed by atoms with Crippen molar-refractivity contribution in [2.45, 2.75) is 56.8 Å². The second-order valence-electron chi connectivity index (χ2n) is 11.8. The van der Waals surface area contributed by atoms with Gasteiger partial charge in [-0.2, -0.15) is 0 Å². The Labute approximate surface area is 271 Å². The van der Waals surface area contributed by atoms with Gasteiger partial charge in [-0.1, -0.05) is 41.6 Å². The molecule has 3 N–H and O–H groups in total. The van der Waals surface area contributed by atoms with Crippen LogP contribution in [-0.2, 0) is 30.8 Å². The molecule has 1 unspecified atom stereocenters. The average molecular weight is 666 g/mol. The van der Waals surface area contributed by atoms with Crippen molar-refractivity contribution in [2.24, 2.45) is 10.9 Å². The maximum Gasteiger partial charge on any atom is 0.410 e. The van der Waals surface area contributed by atoms with Crippen molar-refractivity contribution in [1.29, 1.82) is 0 Å². The molecule has 242 valence electrons. The predicted octanol–water partition coefficient (Wildman–Crippen LogP) is 4.74. The smallest absolute Gasteiger partial charge is 0.410 e. The molecular weight excluding hydrogens is 631 g/mol. The van der Waals surface area contributed by atoms with E-state index in [1.165, 1.54) is 30.4 Å². The summed E-state index contributed by atoms with van der Waals surface area (Å²) < 4.78 is 42.0. The van der Waals surface area contributed by atoms with Crippen molar-refractivity contribution in [3.8, 4) is 5.75 Å². The molecule has 1 aliphatic heterocycles. The topological polar surface area (TPSA) is 163 Å². The quantitative estimate of drug-likeness (QED) is 0.105. The Bertz CT molecular complexity index is 1860. The fourth-order valence-electron chi connectivity index (χ4n) is 4.62. The van der Waals surface area contributed by atoms with Crippen molar-refractivity contribution in [1.82, 2.24) is 14.6 Å². The molecule has 1 aliphatic rings. The predicted molar refractivity (Wildman–Crippen MR) is 174 cm³/mol. The summed E-state index contributed by atoms with van der Waals surface area (Å²) in [4.78, 5) is 34.6. The van der Waals surface area contributed by atoms with Crippen LogP contribution < -0.4 is 15.2 Å². The number of nitrogens with two attached hydrogens (primary N) is 1. The van der Waals surface area contributed by atoms with Crippen LogP contribution in [-0.4, -0.2) is 61.0 Å². The highest BCUT2D eigenvalue weighted by Crippen LogP contribution is 2.33. The molecule has 1 atom stereocenters. The first-order valence-electron chi connectivity index (χ1n) is 14.5. The van der Waals surface area contributed by atoms with Crippen LogP contribution in [0.3, 0.4) is 0 Å². The van der Waals surface area contributed by atoms with Crippen molar-refractivity contribution in [3.63, 3.8) is 0 Å². The monoisotopic (exact) mass is 665 g/mol. The van der Waals surface area contributed by atoms with Gasteiger partial charge in [-0.05, 0) is 69.2 Å². The van der Waals surface area contributed by atoms with Crippen molar-refractivity contribution < 1.29 is 32.3 Å². The molecule has 1 amide bonds. The van der Waals surface area contributed by atoms with Gasteiger partial charge in [-0.25, -0.2) is 27.7 Å². The Balaban J connectivity index is 1.37. The summed E-state index contributed by atoms with van der Waals surface area (Å²) in [5, 5.41) is 4.21. The second kappa shape index (κ2) is 13.4. The molecule has 12 nitrogen and oxygen atoms in total. The van der Waals surface area contributed by atoms with Gasteiger partial charge in [0.2, 0.25) is 10.0 Å². The zero-order valence-electron chi connectivity index (χ0n) is 25.8. The summed E-state index contributed by atoms with van der Waals surface area (Å²) >= 11 is 1.35. The lowest BCUT2D eigenvalue weighted by Gasteiger charge is -2.39. The number of amides is 1. The Kier molecular flexibility index (Phi) is 9.60. The molecule has 2 heterocycles. The number of thiazole rings is 1. The lowest BCUT2D eigenvalue weighted by atomic mass is 10.0. The summed E-state index contributed by atoms with van der Waals surface area (Å²) in [6, 6.07) is 19.9. The molecular formula is C32H35N5O7S2. The van der Waals surface area contributed by atoms with Gasteiger partial charge in [0.25, 0.3) is 0 Å². The number of ether oxygens (including phenoxy) is 2. The molecule has 0 saturated carbocycles. The zero-order valence-corrected chi connectivity index (χ0v) is 27.4. The first-order chi connectivity index (χ1) is 21.8. The highest BCUT2D eigenvalue weighted by molar-refractivity contribution is 7.89. The minimum Gasteiger partial charge on any atom is -0.487 e. The van der Waals surface area contributed by atoms with E-state index in [-0.39, 0.29) is 29.3 Å². The summed E-state index contributed by atoms with van der Waals surface area (Å²) in [5.41, 5.74) is 7.39. The highest BCUT2D eigenvalue weighted by atomic mass is 32.2. The van der Waals surface area contributed by atoms with Crippen LogP contribution in [0, 0.1) is 0 Å². The SMILES string of the molecule is CC(=O)ON=C(N)c1cccc(CC(NS(=O)(=O)c2ccccc2)c2nc3ccc(OC4CN(C(=O)OC(C)(C)C)C4)cc3s2)c1. The number of sulfonamides is 1. The second-order valence-corrected chi connectivity index (χ2v) is 14.5. The average Bonchev–Trinajstić information content (AvgIpc) is 3.40. The minimum atomic E-state index is -3.91. The Morgan fingerprint density at radius 3 is 2.52 bits per heavy atom. The van der Waals surface area contributed by atoms with Gasteiger partial charge < -0.3 is 24.9 Å². The molecule has 46 heavy (non-hydrogen) atoms. The number of oxime groups is 1. The van der Waals surface area contributed by atoms with E-state index >= 15 is 0 Å². The number of carbonyl (C=O) groups excluding carboxylic acids is 2. The Morgan fingerprint density at radius 1 is 1.09 bits per heavy atom. The number of amidine groups is 1. The fourth-order valence-corrected chi connectivity index (χ4v) is 6.96. The molecule has 0 radical (unpaired) electrons. The van der Waals surface area contributed by atoms with E-state index in [2.05, 4.69) is 14.7 Å². The molecule has 0 spiro atoms. The number of nitrogens with one attached hydrogen (secondary N) is 1. The number of likely N-dealkylation sites (tertiary alicyclic amines) is 1. The van der Waals surface area contributed by atoms with E-state index in [9.17, 15) is 18.0 Å². The van der Waals surface area contributed by atoms with E-state index in [1.54, 1.807) is 47.4 Å². The number of nitrogens with zero attached hydrogens (tertiary/aromatic N) is 3. The van der Waals surface area contributed by atoms with Gasteiger partial charge in [0, 0.05) is 12.5 Å². The lowest BCUT2D eigenvalue weighted by Crippen LogP contribution is -2.57. The molecule has 1 fully saturated rings. The fraction of sp³-hybridized carbons (Fsp3) is 0.312. The van der Waals surface area contributed by atoms with Gasteiger partial charge >= 0.3 is 12.1 Å². The minimum absolute atomic E-state index is 0.00617. The summed E-state index contributed by atoms with van der Waals surface area (Å²) in [5.74, 6) is 0.0224. The zero-order chi connectivity index (χ0) is 33.1. The van der Waals surface area contributed by atoms with Crippen LogP contribution in [0.15, 0.2) is 82.8 Å². The van der Waals surface area contributed by atoms with Crippen LogP contribution in [0.5, 0.6) is 5.75 Å². The summed E-state index contributed by atoms with van der Waals surface area (Å²) in [7, 11) is -3.91. The summed E-state index contributed by atoms with van der Waals surface area (Å²) in [6.07, 6.45) is -0.303. The van der Waals surface area contributed by atoms with E-state index in [0.29, 0.717) is 34.9 Å². The maximum absolute atomic E-state index is 13.4. The number of fused-ring (bicyclic) bond motifs is 1. The third-order valence-electron chi connectivity index (χ3n) is 6.76. The van der Waals surface area contributed by atoms with E-state index in [1.807, 2.05) is 39.0 Å². The van der Waals surface area contributed by atoms with Crippen LogP contribution in [0.2, 0.25) is 0 Å². The molecule has 5 rings (SSSR count). The number of hydrogen-bond acceptors (Lipinski definition) is 10. The van der Waals surface area contributed by atoms with Crippen molar-refractivity contribution in [2.75, 3.05) is 13.1 Å². The largest absolute Gasteiger partial charge is 0.487 e. The van der Waals surface area contributed by atoms with Crippen molar-refractivity contribution in [3.05, 3.63) is 88.9 Å². The van der Waals surface area contributed by atoms with Crippen molar-refractivity contribution >= 4 is 49.5 Å². The first kappa shape index (κ1) is 32.9. The normalized spacial score (nSPS) is 14.9. The number of benzene rings is 3. The number of aromatic nitrogens is 1. The molecule has 1 saturated heterocycles. The molecule has 4 aromatic rings. The van der Waals surface area contributed by atoms with E-state index < -0.39 is 27.6 Å². The first-order valence-corrected chi connectivity index (χ1v) is 16.8. The molecule has 3 aromatic carbocycles. The molecule has 0 aliphatic carbocycles. The van der Waals surface area contributed by atoms with Gasteiger partial charge in [-0.3, -0.25) is 0 Å². The maximum atomic E-state index is 13.4. The van der Waals surface area contributed by atoms with Gasteiger partial charge in [0.05, 0.1) is 34.2 Å². The molecule has 14 heteroatoms. The Hall–Kier alpha value is -4.53. The molecule has 1 aromatic heterocycles. The standard InChI is InChI=1S/C32H35N5O7S2/c1-20(38)44-35-29(33)22-10-8-9-21(15-22)16-27(36-46(40,41)25-11-6-5-7-12-25)30-34-26-14-13-23(17-28(26)45-30)42-24-18-37(19-24)31(39)43-32(2,3)4/h5-15,17,24,27,36H,16,18-19H2,1-4H3,(H2,33,35). The van der Waals surface area contributed by atoms with Crippen LogP contribution in [0.25, 0.3) is 10.2 Å². The molecule has 0 bridgehead atoms. The number of hydrogen-bond donors (Lipinski definition) is 2. The van der Waals surface area contributed by atoms with E-state index in [4.69, 9.17) is 20.2 Å². The number of rotatable bonds is 10. The van der Waals surface area contributed by atoms with Crippen LogP contribution in [0.1, 0.15) is 49.9 Å². The highest BCUT2D eigenvalue weighted by Gasteiger charge is 2.35. The van der Waals surface area contributed by atoms with E-state index in [0.717, 1.165) is 10.3 Å². The summed E-state index contributed by atoms with van der Waals surface area (Å²) in [6.45, 7) is 7.52. The van der Waals surface area contributed by atoms with Gasteiger partial charge in [0.15, 0.2) is 5.84 Å². The third-order valence-corrected chi connectivity index (χ3v) is 9.38. The number of carbonyl (C=O) groups is 2.